The van der Waals surface area contributed by atoms with Crippen LogP contribution < -0.4 is 16.0 Å². The second-order valence-electron chi connectivity index (χ2n) is 6.96. The molecule has 0 radical (unpaired) electrons. The molecule has 0 aliphatic rings. The first kappa shape index (κ1) is 20.6. The molecule has 0 saturated heterocycles. The Kier molecular flexibility index (Phi) is 6.69. The Morgan fingerprint density at radius 2 is 1.66 bits per heavy atom. The summed E-state index contributed by atoms with van der Waals surface area (Å²) in [7, 11) is 0. The predicted molar refractivity (Wildman–Crippen MR) is 116 cm³/mol. The molecule has 0 amide bonds. The monoisotopic (exact) mass is 396 g/mol. The predicted octanol–water partition coefficient (Wildman–Crippen LogP) is 3.67. The summed E-state index contributed by atoms with van der Waals surface area (Å²) in [4.78, 5) is 33.1. The van der Waals surface area contributed by atoms with Crippen LogP contribution in [0.1, 0.15) is 51.4 Å². The third-order valence-electron chi connectivity index (χ3n) is 4.56. The van der Waals surface area contributed by atoms with E-state index in [2.05, 4.69) is 16.9 Å². The van der Waals surface area contributed by atoms with Gasteiger partial charge >= 0.3 is 5.69 Å². The first-order chi connectivity index (χ1) is 14.1. The number of aromatic amines is 1. The fourth-order valence-electron chi connectivity index (χ4n) is 3.18. The number of H-pyrrole nitrogens is 1. The van der Waals surface area contributed by atoms with Crippen molar-refractivity contribution in [2.75, 3.05) is 6.61 Å². The second-order valence-corrected chi connectivity index (χ2v) is 6.96. The zero-order chi connectivity index (χ0) is 20.8. The number of hydrogen-bond donors (Lipinski definition) is 1. The van der Waals surface area contributed by atoms with Gasteiger partial charge in [-0.05, 0) is 43.0 Å². The molecule has 1 N–H and O–H groups in total. The van der Waals surface area contributed by atoms with Gasteiger partial charge in [-0.2, -0.15) is 0 Å². The minimum Gasteiger partial charge on any atom is -0.494 e. The molecule has 0 bridgehead atoms. The maximum Gasteiger partial charge on any atom is 0.332 e. The van der Waals surface area contributed by atoms with E-state index in [1.54, 1.807) is 4.57 Å². The molecule has 29 heavy (non-hydrogen) atoms. The Labute approximate surface area is 169 Å². The lowest BCUT2D eigenvalue weighted by Crippen LogP contribution is -2.40. The minimum atomic E-state index is -0.316. The van der Waals surface area contributed by atoms with Crippen molar-refractivity contribution in [3.8, 4) is 5.75 Å². The van der Waals surface area contributed by atoms with Crippen LogP contribution in [0.25, 0.3) is 23.3 Å². The van der Waals surface area contributed by atoms with Crippen molar-refractivity contribution >= 4 is 23.3 Å². The molecule has 2 aromatic heterocycles. The van der Waals surface area contributed by atoms with E-state index in [-0.39, 0.29) is 11.2 Å². The molecular weight excluding hydrogens is 368 g/mol. The number of benzene rings is 1. The Morgan fingerprint density at radius 3 is 2.31 bits per heavy atom. The average molecular weight is 396 g/mol. The molecular formula is C22H28N4O3. The molecule has 1 aromatic carbocycles. The number of imidazole rings is 1. The Morgan fingerprint density at radius 1 is 0.966 bits per heavy atom. The Hall–Kier alpha value is -3.09. The summed E-state index contributed by atoms with van der Waals surface area (Å²) < 4.78 is 8.47. The minimum absolute atomic E-state index is 0.295. The number of aromatic nitrogens is 4. The molecule has 0 fully saturated rings. The molecule has 0 aliphatic heterocycles. The van der Waals surface area contributed by atoms with Crippen LogP contribution in [0.4, 0.5) is 0 Å². The van der Waals surface area contributed by atoms with Gasteiger partial charge < -0.3 is 9.72 Å². The Balaban J connectivity index is 1.95. The number of aryl methyl sites for hydroxylation is 1. The summed E-state index contributed by atoms with van der Waals surface area (Å²) in [5.41, 5.74) is 1.16. The van der Waals surface area contributed by atoms with Crippen molar-refractivity contribution in [2.24, 2.45) is 0 Å². The highest BCUT2D eigenvalue weighted by Crippen LogP contribution is 2.15. The topological polar surface area (TPSA) is 81.9 Å². The quantitative estimate of drug-likeness (QED) is 0.598. The highest BCUT2D eigenvalue weighted by atomic mass is 16.5. The standard InChI is InChI=1S/C22H28N4O3/c1-4-13-25-20-19(21(27)26(14-5-2)22(25)28)23-18(24-20)12-9-16-7-10-17(11-8-16)29-15-6-3/h7-12H,4-6,13-15H2,1-3H3,(H,23,24)/b12-9+. The van der Waals surface area contributed by atoms with Gasteiger partial charge in [-0.15, -0.1) is 0 Å². The van der Waals surface area contributed by atoms with Crippen LogP contribution in [0.3, 0.4) is 0 Å². The molecule has 7 nitrogen and oxygen atoms in total. The van der Waals surface area contributed by atoms with Crippen LogP contribution in [0.5, 0.6) is 5.75 Å². The smallest absolute Gasteiger partial charge is 0.332 e. The lowest BCUT2D eigenvalue weighted by molar-refractivity contribution is 0.317. The number of fused-ring (bicyclic) bond motifs is 1. The first-order valence-corrected chi connectivity index (χ1v) is 10.2. The molecule has 0 unspecified atom stereocenters. The molecule has 2 heterocycles. The van der Waals surface area contributed by atoms with E-state index < -0.39 is 0 Å². The van der Waals surface area contributed by atoms with Crippen LogP contribution >= 0.6 is 0 Å². The van der Waals surface area contributed by atoms with Crippen molar-refractivity contribution in [1.82, 2.24) is 19.1 Å². The third kappa shape index (κ3) is 4.50. The van der Waals surface area contributed by atoms with Crippen molar-refractivity contribution < 1.29 is 4.74 Å². The van der Waals surface area contributed by atoms with Gasteiger partial charge in [0.05, 0.1) is 6.61 Å². The fourth-order valence-corrected chi connectivity index (χ4v) is 3.18. The van der Waals surface area contributed by atoms with Gasteiger partial charge in [-0.1, -0.05) is 39.0 Å². The summed E-state index contributed by atoms with van der Waals surface area (Å²) in [5, 5.41) is 0. The van der Waals surface area contributed by atoms with Crippen molar-refractivity contribution in [1.29, 1.82) is 0 Å². The number of ether oxygens (including phenoxy) is 1. The first-order valence-electron chi connectivity index (χ1n) is 10.2. The summed E-state index contributed by atoms with van der Waals surface area (Å²) in [6.45, 7) is 7.63. The van der Waals surface area contributed by atoms with Gasteiger partial charge in [0.25, 0.3) is 5.56 Å². The van der Waals surface area contributed by atoms with Crippen molar-refractivity contribution in [3.63, 3.8) is 0 Å². The second kappa shape index (κ2) is 9.41. The summed E-state index contributed by atoms with van der Waals surface area (Å²) in [5.74, 6) is 1.38. The van der Waals surface area contributed by atoms with Crippen LogP contribution in [-0.4, -0.2) is 25.7 Å². The van der Waals surface area contributed by atoms with E-state index in [1.165, 1.54) is 4.57 Å². The maximum absolute atomic E-state index is 12.7. The van der Waals surface area contributed by atoms with Crippen molar-refractivity contribution in [2.45, 2.75) is 53.1 Å². The zero-order valence-corrected chi connectivity index (χ0v) is 17.3. The number of nitrogens with one attached hydrogen (secondary N) is 1. The van der Waals surface area contributed by atoms with Crippen LogP contribution in [0.15, 0.2) is 33.9 Å². The van der Waals surface area contributed by atoms with E-state index in [0.717, 1.165) is 24.2 Å². The van der Waals surface area contributed by atoms with E-state index in [4.69, 9.17) is 4.74 Å². The molecule has 0 saturated carbocycles. The van der Waals surface area contributed by atoms with Crippen molar-refractivity contribution in [3.05, 3.63) is 56.5 Å². The molecule has 0 atom stereocenters. The van der Waals surface area contributed by atoms with E-state index in [9.17, 15) is 9.59 Å². The van der Waals surface area contributed by atoms with E-state index >= 15 is 0 Å². The largest absolute Gasteiger partial charge is 0.494 e. The summed E-state index contributed by atoms with van der Waals surface area (Å²) in [6, 6.07) is 7.78. The highest BCUT2D eigenvalue weighted by molar-refractivity contribution is 5.75. The number of rotatable bonds is 9. The van der Waals surface area contributed by atoms with Crippen LogP contribution in [0.2, 0.25) is 0 Å². The van der Waals surface area contributed by atoms with Gasteiger partial charge in [-0.3, -0.25) is 13.9 Å². The summed E-state index contributed by atoms with van der Waals surface area (Å²) in [6.07, 6.45) is 6.19. The van der Waals surface area contributed by atoms with Gasteiger partial charge in [0.15, 0.2) is 5.65 Å². The highest BCUT2D eigenvalue weighted by Gasteiger charge is 2.15. The third-order valence-corrected chi connectivity index (χ3v) is 4.56. The molecule has 0 spiro atoms. The fraction of sp³-hybridized carbons (Fsp3) is 0.409. The van der Waals surface area contributed by atoms with Gasteiger partial charge in [0, 0.05) is 13.1 Å². The van der Waals surface area contributed by atoms with Gasteiger partial charge in [0.2, 0.25) is 0 Å². The SMILES string of the molecule is CCCOc1ccc(/C=C/c2nc3c([nH]2)c(=O)n(CCC)c(=O)n3CCC)cc1. The maximum atomic E-state index is 12.7. The normalized spacial score (nSPS) is 11.6. The number of nitrogens with zero attached hydrogens (tertiary/aromatic N) is 3. The zero-order valence-electron chi connectivity index (χ0n) is 17.3. The Bertz CT molecular complexity index is 1100. The molecule has 3 aromatic rings. The molecule has 7 heteroatoms. The van der Waals surface area contributed by atoms with Gasteiger partial charge in [0.1, 0.15) is 17.1 Å². The lowest BCUT2D eigenvalue weighted by Gasteiger charge is -2.09. The van der Waals surface area contributed by atoms with Crippen LogP contribution in [-0.2, 0) is 13.1 Å². The number of hydrogen-bond acceptors (Lipinski definition) is 4. The van der Waals surface area contributed by atoms with Crippen LogP contribution in [0, 0.1) is 0 Å². The molecule has 3 rings (SSSR count). The van der Waals surface area contributed by atoms with E-state index in [0.29, 0.717) is 43.1 Å². The molecule has 154 valence electrons. The molecule has 0 aliphatic carbocycles. The van der Waals surface area contributed by atoms with E-state index in [1.807, 2.05) is 50.3 Å². The average Bonchev–Trinajstić information content (AvgIpc) is 3.16. The lowest BCUT2D eigenvalue weighted by atomic mass is 10.2. The summed E-state index contributed by atoms with van der Waals surface area (Å²) >= 11 is 0. The van der Waals surface area contributed by atoms with Gasteiger partial charge in [-0.25, -0.2) is 9.78 Å².